The van der Waals surface area contributed by atoms with E-state index in [1.807, 2.05) is 0 Å². The van der Waals surface area contributed by atoms with Gasteiger partial charge in [-0.1, -0.05) is 12.1 Å². The highest BCUT2D eigenvalue weighted by Crippen LogP contribution is 2.20. The quantitative estimate of drug-likeness (QED) is 0.943. The van der Waals surface area contributed by atoms with Crippen LogP contribution in [0, 0.1) is 5.82 Å². The number of ether oxygens (including phenoxy) is 1. The van der Waals surface area contributed by atoms with E-state index in [2.05, 4.69) is 15.3 Å². The highest BCUT2D eigenvalue weighted by atomic mass is 19.1. The topological polar surface area (TPSA) is 47.0 Å². The van der Waals surface area contributed by atoms with Gasteiger partial charge in [-0.3, -0.25) is 0 Å². The Labute approximate surface area is 123 Å². The van der Waals surface area contributed by atoms with Gasteiger partial charge in [-0.05, 0) is 37.9 Å². The highest BCUT2D eigenvalue weighted by molar-refractivity contribution is 5.55. The number of halogens is 1. The molecule has 1 aliphatic rings. The smallest absolute Gasteiger partial charge is 0.162 e. The SMILES string of the molecule is Fc1ccccc1-c1ncc(OC2CCCCNC2)cn1. The van der Waals surface area contributed by atoms with Crippen LogP contribution >= 0.6 is 0 Å². The lowest BCUT2D eigenvalue weighted by atomic mass is 10.2. The molecular weight excluding hydrogens is 269 g/mol. The summed E-state index contributed by atoms with van der Waals surface area (Å²) < 4.78 is 19.5. The van der Waals surface area contributed by atoms with Gasteiger partial charge in [0.25, 0.3) is 0 Å². The van der Waals surface area contributed by atoms with Crippen molar-refractivity contribution in [2.24, 2.45) is 0 Å². The van der Waals surface area contributed by atoms with E-state index in [0.29, 0.717) is 17.1 Å². The van der Waals surface area contributed by atoms with Crippen LogP contribution in [-0.2, 0) is 0 Å². The molecule has 0 saturated carbocycles. The summed E-state index contributed by atoms with van der Waals surface area (Å²) in [4.78, 5) is 8.40. The molecule has 0 radical (unpaired) electrons. The van der Waals surface area contributed by atoms with E-state index in [0.717, 1.165) is 25.9 Å². The Kier molecular flexibility index (Phi) is 4.40. The molecule has 4 nitrogen and oxygen atoms in total. The van der Waals surface area contributed by atoms with E-state index in [1.165, 1.54) is 12.5 Å². The molecular formula is C16H18FN3O. The van der Waals surface area contributed by atoms with Crippen molar-refractivity contribution in [1.29, 1.82) is 0 Å². The standard InChI is InChI=1S/C16H18FN3O/c17-15-7-2-1-6-14(15)16-19-10-13(11-20-16)21-12-5-3-4-8-18-9-12/h1-2,6-7,10-12,18H,3-5,8-9H2. The second-order valence-electron chi connectivity index (χ2n) is 5.16. The van der Waals surface area contributed by atoms with Crippen LogP contribution in [-0.4, -0.2) is 29.2 Å². The molecule has 1 aliphatic heterocycles. The fraction of sp³-hybridized carbons (Fsp3) is 0.375. The van der Waals surface area contributed by atoms with Gasteiger partial charge in [0.2, 0.25) is 0 Å². The summed E-state index contributed by atoms with van der Waals surface area (Å²) in [6.07, 6.45) is 6.74. The van der Waals surface area contributed by atoms with Crippen LogP contribution in [0.25, 0.3) is 11.4 Å². The molecule has 0 spiro atoms. The lowest BCUT2D eigenvalue weighted by Gasteiger charge is -2.16. The van der Waals surface area contributed by atoms with E-state index in [-0.39, 0.29) is 11.9 Å². The van der Waals surface area contributed by atoms with Gasteiger partial charge in [0.15, 0.2) is 11.6 Å². The summed E-state index contributed by atoms with van der Waals surface area (Å²) in [5, 5.41) is 3.35. The minimum atomic E-state index is -0.320. The average Bonchev–Trinajstić information content (AvgIpc) is 2.77. The van der Waals surface area contributed by atoms with Gasteiger partial charge < -0.3 is 10.1 Å². The second kappa shape index (κ2) is 6.63. The van der Waals surface area contributed by atoms with Crippen LogP contribution in [0.2, 0.25) is 0 Å². The summed E-state index contributed by atoms with van der Waals surface area (Å²) in [6, 6.07) is 6.49. The molecule has 0 bridgehead atoms. The molecule has 21 heavy (non-hydrogen) atoms. The van der Waals surface area contributed by atoms with Gasteiger partial charge in [-0.25, -0.2) is 14.4 Å². The molecule has 1 aromatic heterocycles. The van der Waals surface area contributed by atoms with Crippen LogP contribution in [0.3, 0.4) is 0 Å². The lowest BCUT2D eigenvalue weighted by molar-refractivity contribution is 0.193. The first-order valence-electron chi connectivity index (χ1n) is 7.27. The number of hydrogen-bond donors (Lipinski definition) is 1. The van der Waals surface area contributed by atoms with E-state index in [9.17, 15) is 4.39 Å². The molecule has 5 heteroatoms. The molecule has 2 aromatic rings. The molecule has 1 N–H and O–H groups in total. The summed E-state index contributed by atoms with van der Waals surface area (Å²) in [5.74, 6) is 0.683. The van der Waals surface area contributed by atoms with Crippen molar-refractivity contribution in [3.8, 4) is 17.1 Å². The molecule has 1 atom stereocenters. The van der Waals surface area contributed by atoms with Crippen molar-refractivity contribution in [3.05, 3.63) is 42.5 Å². The van der Waals surface area contributed by atoms with E-state index >= 15 is 0 Å². The molecule has 1 saturated heterocycles. The molecule has 0 amide bonds. The summed E-state index contributed by atoms with van der Waals surface area (Å²) in [6.45, 7) is 1.89. The van der Waals surface area contributed by atoms with Crippen molar-refractivity contribution in [3.63, 3.8) is 0 Å². The van der Waals surface area contributed by atoms with Gasteiger partial charge in [-0.2, -0.15) is 0 Å². The summed E-state index contributed by atoms with van der Waals surface area (Å²) in [5.41, 5.74) is 0.403. The zero-order valence-electron chi connectivity index (χ0n) is 11.8. The predicted molar refractivity (Wildman–Crippen MR) is 78.6 cm³/mol. The molecule has 1 aromatic carbocycles. The maximum atomic E-state index is 13.7. The number of nitrogens with one attached hydrogen (secondary N) is 1. The van der Waals surface area contributed by atoms with E-state index < -0.39 is 0 Å². The lowest BCUT2D eigenvalue weighted by Crippen LogP contribution is -2.29. The Hall–Kier alpha value is -2.01. The number of nitrogens with zero attached hydrogens (tertiary/aromatic N) is 2. The number of rotatable bonds is 3. The third-order valence-corrected chi connectivity index (χ3v) is 3.55. The Balaban J connectivity index is 1.70. The Morgan fingerprint density at radius 2 is 1.95 bits per heavy atom. The van der Waals surface area contributed by atoms with Gasteiger partial charge in [0.05, 0.1) is 18.0 Å². The van der Waals surface area contributed by atoms with Crippen molar-refractivity contribution >= 4 is 0 Å². The van der Waals surface area contributed by atoms with Gasteiger partial charge in [-0.15, -0.1) is 0 Å². The van der Waals surface area contributed by atoms with Crippen LogP contribution in [0.5, 0.6) is 5.75 Å². The molecule has 0 aliphatic carbocycles. The zero-order chi connectivity index (χ0) is 14.5. The van der Waals surface area contributed by atoms with Crippen molar-refractivity contribution in [2.75, 3.05) is 13.1 Å². The van der Waals surface area contributed by atoms with Crippen molar-refractivity contribution in [1.82, 2.24) is 15.3 Å². The summed E-state index contributed by atoms with van der Waals surface area (Å²) in [7, 11) is 0. The van der Waals surface area contributed by atoms with E-state index in [4.69, 9.17) is 4.74 Å². The molecule has 3 rings (SSSR count). The minimum absolute atomic E-state index is 0.149. The molecule has 1 unspecified atom stereocenters. The fourth-order valence-corrected chi connectivity index (χ4v) is 2.44. The number of benzene rings is 1. The minimum Gasteiger partial charge on any atom is -0.486 e. The second-order valence-corrected chi connectivity index (χ2v) is 5.16. The Morgan fingerprint density at radius 1 is 1.14 bits per heavy atom. The third-order valence-electron chi connectivity index (χ3n) is 3.55. The van der Waals surface area contributed by atoms with Crippen molar-refractivity contribution in [2.45, 2.75) is 25.4 Å². The molecule has 2 heterocycles. The van der Waals surface area contributed by atoms with Crippen LogP contribution in [0.15, 0.2) is 36.7 Å². The third kappa shape index (κ3) is 3.55. The first-order chi connectivity index (χ1) is 10.3. The molecule has 110 valence electrons. The first kappa shape index (κ1) is 13.9. The van der Waals surface area contributed by atoms with E-state index in [1.54, 1.807) is 30.6 Å². The van der Waals surface area contributed by atoms with Crippen LogP contribution < -0.4 is 10.1 Å². The number of hydrogen-bond acceptors (Lipinski definition) is 4. The fourth-order valence-electron chi connectivity index (χ4n) is 2.44. The van der Waals surface area contributed by atoms with Gasteiger partial charge in [0, 0.05) is 6.54 Å². The molecule has 1 fully saturated rings. The first-order valence-corrected chi connectivity index (χ1v) is 7.27. The van der Waals surface area contributed by atoms with Crippen molar-refractivity contribution < 1.29 is 9.13 Å². The summed E-state index contributed by atoms with van der Waals surface area (Å²) >= 11 is 0. The predicted octanol–water partition coefficient (Wildman–Crippen LogP) is 2.80. The maximum absolute atomic E-state index is 13.7. The van der Waals surface area contributed by atoms with Gasteiger partial charge >= 0.3 is 0 Å². The highest BCUT2D eigenvalue weighted by Gasteiger charge is 2.14. The largest absolute Gasteiger partial charge is 0.486 e. The van der Waals surface area contributed by atoms with Gasteiger partial charge in [0.1, 0.15) is 11.9 Å². The monoisotopic (exact) mass is 287 g/mol. The zero-order valence-corrected chi connectivity index (χ0v) is 11.8. The normalized spacial score (nSPS) is 19.0. The average molecular weight is 287 g/mol. The Morgan fingerprint density at radius 3 is 2.76 bits per heavy atom. The van der Waals surface area contributed by atoms with Crippen LogP contribution in [0.1, 0.15) is 19.3 Å². The van der Waals surface area contributed by atoms with Crippen LogP contribution in [0.4, 0.5) is 4.39 Å². The number of aromatic nitrogens is 2. The maximum Gasteiger partial charge on any atom is 0.162 e. The Bertz CT molecular complexity index is 580.